The van der Waals surface area contributed by atoms with Gasteiger partial charge in [-0.25, -0.2) is 4.79 Å². The molecule has 0 bridgehead atoms. The molecule has 0 rings (SSSR count). The lowest BCUT2D eigenvalue weighted by molar-refractivity contribution is 0.138. The zero-order chi connectivity index (χ0) is 13.1. The smallest absolute Gasteiger partial charge is 0.407 e. The van der Waals surface area contributed by atoms with Crippen LogP contribution in [0.5, 0.6) is 0 Å². The van der Waals surface area contributed by atoms with Crippen molar-refractivity contribution >= 4 is 16.9 Å². The summed E-state index contributed by atoms with van der Waals surface area (Å²) in [6.07, 6.45) is 4.03. The molecule has 0 aromatic heterocycles. The van der Waals surface area contributed by atoms with E-state index in [2.05, 4.69) is 5.32 Å². The van der Waals surface area contributed by atoms with Crippen molar-refractivity contribution in [1.29, 1.82) is 0 Å². The second-order valence-corrected chi connectivity index (χ2v) is 5.46. The van der Waals surface area contributed by atoms with Crippen LogP contribution in [0.2, 0.25) is 0 Å². The number of rotatable bonds is 9. The summed E-state index contributed by atoms with van der Waals surface area (Å²) >= 11 is 0. The normalized spacial score (nSPS) is 14.1. The second kappa shape index (κ2) is 10.5. The van der Waals surface area contributed by atoms with E-state index < -0.39 is 16.9 Å². The van der Waals surface area contributed by atoms with Crippen LogP contribution in [-0.4, -0.2) is 46.7 Å². The van der Waals surface area contributed by atoms with Gasteiger partial charge in [-0.2, -0.15) is 0 Å². The van der Waals surface area contributed by atoms with Crippen LogP contribution in [0.25, 0.3) is 0 Å². The number of unbranched alkanes of at least 4 members (excludes halogenated alkanes) is 1. The fourth-order valence-electron chi connectivity index (χ4n) is 1.27. The molecule has 0 spiro atoms. The Bertz CT molecular complexity index is 236. The highest BCUT2D eigenvalue weighted by Gasteiger charge is 2.13. The third-order valence-corrected chi connectivity index (χ3v) is 3.09. The molecule has 1 amide bonds. The molecule has 0 aliphatic heterocycles. The van der Waals surface area contributed by atoms with Crippen molar-refractivity contribution in [3.05, 3.63) is 0 Å². The summed E-state index contributed by atoms with van der Waals surface area (Å²) in [5.41, 5.74) is 0. The van der Waals surface area contributed by atoms with E-state index in [1.54, 1.807) is 6.26 Å². The predicted molar refractivity (Wildman–Crippen MR) is 68.4 cm³/mol. The fraction of sp³-hybridized carbons (Fsp3) is 0.909. The number of nitrogens with one attached hydrogen (secondary N) is 1. The van der Waals surface area contributed by atoms with Crippen LogP contribution in [0.1, 0.15) is 32.6 Å². The van der Waals surface area contributed by atoms with E-state index in [4.69, 9.17) is 9.84 Å². The lowest BCUT2D eigenvalue weighted by Gasteiger charge is -2.17. The van der Waals surface area contributed by atoms with Gasteiger partial charge in [0.2, 0.25) is 0 Å². The van der Waals surface area contributed by atoms with Gasteiger partial charge in [0.05, 0.1) is 6.61 Å². The molecular formula is C11H23NO4S. The summed E-state index contributed by atoms with van der Waals surface area (Å²) < 4.78 is 15.9. The largest absolute Gasteiger partial charge is 0.450 e. The summed E-state index contributed by atoms with van der Waals surface area (Å²) in [5.74, 6) is 0.514. The number of alkyl carbamates (subject to hydrolysis) is 1. The first-order valence-corrected chi connectivity index (χ1v) is 7.67. The summed E-state index contributed by atoms with van der Waals surface area (Å²) in [7, 11) is -0.885. The number of carbonyl (C=O) groups excluding carboxylic acids is 1. The topological polar surface area (TPSA) is 75.6 Å². The zero-order valence-electron chi connectivity index (χ0n) is 10.6. The molecule has 0 saturated carbocycles. The Kier molecular flexibility index (Phi) is 10.1. The molecule has 6 heteroatoms. The van der Waals surface area contributed by atoms with Gasteiger partial charge in [-0.3, -0.25) is 4.21 Å². The number of carbonyl (C=O) groups is 1. The van der Waals surface area contributed by atoms with E-state index in [9.17, 15) is 9.00 Å². The van der Waals surface area contributed by atoms with E-state index >= 15 is 0 Å². The maximum atomic E-state index is 11.4. The number of amides is 1. The van der Waals surface area contributed by atoms with Gasteiger partial charge in [-0.05, 0) is 19.3 Å². The number of aliphatic hydroxyl groups is 1. The molecule has 1 unspecified atom stereocenters. The Morgan fingerprint density at radius 2 is 2.18 bits per heavy atom. The predicted octanol–water partition coefficient (Wildman–Crippen LogP) is 1.03. The number of aliphatic hydroxyl groups excluding tert-OH is 1. The molecule has 0 radical (unpaired) electrons. The molecule has 0 aromatic rings. The van der Waals surface area contributed by atoms with Crippen LogP contribution in [0.3, 0.4) is 0 Å². The van der Waals surface area contributed by atoms with E-state index in [0.29, 0.717) is 25.2 Å². The molecule has 17 heavy (non-hydrogen) atoms. The standard InChI is InChI=1S/C11H23NO4S/c1-3-4-8-16-11(14)12-10(5-7-13)6-9-17(2)15/h10,13H,3-9H2,1-2H3,(H,12,14)/t10-,17?/m1/s1. The lowest BCUT2D eigenvalue weighted by atomic mass is 10.2. The molecule has 0 heterocycles. The van der Waals surface area contributed by atoms with Crippen LogP contribution in [-0.2, 0) is 15.5 Å². The Hall–Kier alpha value is -0.620. The quantitative estimate of drug-likeness (QED) is 0.611. The van der Waals surface area contributed by atoms with Crippen molar-refractivity contribution in [3.63, 3.8) is 0 Å². The van der Waals surface area contributed by atoms with Crippen LogP contribution < -0.4 is 5.32 Å². The Morgan fingerprint density at radius 1 is 1.47 bits per heavy atom. The molecule has 5 nitrogen and oxygen atoms in total. The van der Waals surface area contributed by atoms with Crippen LogP contribution in [0.15, 0.2) is 0 Å². The molecule has 0 saturated heterocycles. The first-order chi connectivity index (χ1) is 8.10. The summed E-state index contributed by atoms with van der Waals surface area (Å²) in [4.78, 5) is 11.4. The highest BCUT2D eigenvalue weighted by molar-refractivity contribution is 7.84. The van der Waals surface area contributed by atoms with Crippen LogP contribution in [0.4, 0.5) is 4.79 Å². The van der Waals surface area contributed by atoms with Gasteiger partial charge in [-0.15, -0.1) is 0 Å². The monoisotopic (exact) mass is 265 g/mol. The van der Waals surface area contributed by atoms with E-state index in [1.165, 1.54) is 0 Å². The van der Waals surface area contributed by atoms with Crippen molar-refractivity contribution in [2.24, 2.45) is 0 Å². The van der Waals surface area contributed by atoms with E-state index in [0.717, 1.165) is 12.8 Å². The molecular weight excluding hydrogens is 242 g/mol. The first kappa shape index (κ1) is 16.4. The molecule has 102 valence electrons. The minimum absolute atomic E-state index is 0.00371. The molecule has 0 aromatic carbocycles. The van der Waals surface area contributed by atoms with Gasteiger partial charge in [-0.1, -0.05) is 13.3 Å². The summed E-state index contributed by atoms with van der Waals surface area (Å²) in [6, 6.07) is -0.168. The van der Waals surface area contributed by atoms with Crippen molar-refractivity contribution < 1.29 is 18.8 Å². The summed E-state index contributed by atoms with van der Waals surface area (Å²) in [5, 5.41) is 11.5. The van der Waals surface area contributed by atoms with Crippen molar-refractivity contribution in [2.75, 3.05) is 25.2 Å². The highest BCUT2D eigenvalue weighted by Crippen LogP contribution is 2.00. The molecule has 2 atom stereocenters. The summed E-state index contributed by atoms with van der Waals surface area (Å²) in [6.45, 7) is 2.43. The second-order valence-electron chi connectivity index (χ2n) is 3.91. The first-order valence-electron chi connectivity index (χ1n) is 5.94. The van der Waals surface area contributed by atoms with Gasteiger partial charge in [0, 0.05) is 35.5 Å². The SMILES string of the molecule is CCCCOC(=O)N[C@H](CCO)CCS(C)=O. The van der Waals surface area contributed by atoms with Crippen molar-refractivity contribution in [2.45, 2.75) is 38.6 Å². The average Bonchev–Trinajstić information content (AvgIpc) is 2.26. The third kappa shape index (κ3) is 10.3. The molecule has 0 aliphatic rings. The maximum absolute atomic E-state index is 11.4. The van der Waals surface area contributed by atoms with Gasteiger partial charge in [0.1, 0.15) is 0 Å². The Morgan fingerprint density at radius 3 is 2.71 bits per heavy atom. The van der Waals surface area contributed by atoms with Gasteiger partial charge in [0.15, 0.2) is 0 Å². The number of hydrogen-bond acceptors (Lipinski definition) is 4. The number of hydrogen-bond donors (Lipinski definition) is 2. The lowest BCUT2D eigenvalue weighted by Crippen LogP contribution is -2.37. The molecule has 0 aliphatic carbocycles. The van der Waals surface area contributed by atoms with Gasteiger partial charge < -0.3 is 15.2 Å². The van der Waals surface area contributed by atoms with Crippen LogP contribution >= 0.6 is 0 Å². The maximum Gasteiger partial charge on any atom is 0.407 e. The van der Waals surface area contributed by atoms with Crippen LogP contribution in [0, 0.1) is 0 Å². The minimum Gasteiger partial charge on any atom is -0.450 e. The van der Waals surface area contributed by atoms with Crippen molar-refractivity contribution in [3.8, 4) is 0 Å². The van der Waals surface area contributed by atoms with E-state index in [-0.39, 0.29) is 12.6 Å². The van der Waals surface area contributed by atoms with Crippen molar-refractivity contribution in [1.82, 2.24) is 5.32 Å². The average molecular weight is 265 g/mol. The molecule has 2 N–H and O–H groups in total. The molecule has 0 fully saturated rings. The van der Waals surface area contributed by atoms with Gasteiger partial charge >= 0.3 is 6.09 Å². The zero-order valence-corrected chi connectivity index (χ0v) is 11.4. The Balaban J connectivity index is 3.88. The highest BCUT2D eigenvalue weighted by atomic mass is 32.2. The Labute approximate surface area is 105 Å². The van der Waals surface area contributed by atoms with Gasteiger partial charge in [0.25, 0.3) is 0 Å². The number of ether oxygens (including phenoxy) is 1. The fourth-order valence-corrected chi connectivity index (χ4v) is 1.89. The van der Waals surface area contributed by atoms with E-state index in [1.807, 2.05) is 6.92 Å². The minimum atomic E-state index is -0.885. The third-order valence-electron chi connectivity index (χ3n) is 2.28.